The average molecular weight is 361 g/mol. The molecule has 1 aromatic rings. The molecule has 0 bridgehead atoms. The zero-order chi connectivity index (χ0) is 19.5. The number of nitro groups is 1. The Morgan fingerprint density at radius 2 is 2.15 bits per heavy atom. The minimum absolute atomic E-state index is 0.0264. The van der Waals surface area contributed by atoms with Crippen LogP contribution < -0.4 is 4.74 Å². The van der Waals surface area contributed by atoms with Gasteiger partial charge in [0.05, 0.1) is 10.5 Å². The number of carboxylic acid groups (broad SMARTS) is 1. The van der Waals surface area contributed by atoms with Gasteiger partial charge in [-0.1, -0.05) is 26.8 Å². The number of piperidine rings is 1. The highest BCUT2D eigenvalue weighted by Crippen LogP contribution is 2.43. The highest BCUT2D eigenvalue weighted by Gasteiger charge is 2.51. The molecule has 1 aromatic carbocycles. The van der Waals surface area contributed by atoms with Crippen LogP contribution in [0.25, 0.3) is 0 Å². The number of rotatable bonds is 4. The normalized spacial score (nSPS) is 20.3. The van der Waals surface area contributed by atoms with E-state index in [0.717, 1.165) is 12.8 Å². The third kappa shape index (κ3) is 3.43. The molecular weight excluding hydrogens is 338 g/mol. The molecule has 8 nitrogen and oxygen atoms in total. The second kappa shape index (κ2) is 7.20. The van der Waals surface area contributed by atoms with Crippen LogP contribution in [0.2, 0.25) is 0 Å². The fraction of sp³-hybridized carbons (Fsp3) is 0.556. The van der Waals surface area contributed by atoms with Crippen LogP contribution in [0.1, 0.15) is 45.6 Å². The number of hydrogen-bond acceptors (Lipinski definition) is 5. The molecule has 0 unspecified atom stereocenters. The Morgan fingerprint density at radius 1 is 1.46 bits per heavy atom. The van der Waals surface area contributed by atoms with Gasteiger partial charge in [0.2, 0.25) is 0 Å². The third-order valence-corrected chi connectivity index (χ3v) is 5.14. The zero-order valence-electron chi connectivity index (χ0n) is 15.2. The van der Waals surface area contributed by atoms with Gasteiger partial charge in [-0.15, -0.1) is 0 Å². The van der Waals surface area contributed by atoms with Gasteiger partial charge in [-0.25, -0.2) is 4.79 Å². The first-order valence-electron chi connectivity index (χ1n) is 8.45. The Kier molecular flexibility index (Phi) is 5.40. The van der Waals surface area contributed by atoms with Gasteiger partial charge in [0, 0.05) is 12.6 Å². The molecule has 26 heavy (non-hydrogen) atoms. The summed E-state index contributed by atoms with van der Waals surface area (Å²) < 4.78 is 5.84. The second-order valence-corrected chi connectivity index (χ2v) is 7.48. The van der Waals surface area contributed by atoms with Gasteiger partial charge in [-0.3, -0.25) is 15.0 Å². The molecule has 1 aliphatic rings. The van der Waals surface area contributed by atoms with Gasteiger partial charge >= 0.3 is 6.09 Å². The van der Waals surface area contributed by atoms with E-state index in [2.05, 4.69) is 0 Å². The Balaban J connectivity index is 2.41. The summed E-state index contributed by atoms with van der Waals surface area (Å²) in [6.07, 6.45) is 1.26. The molecule has 2 rings (SSSR count). The van der Waals surface area contributed by atoms with Gasteiger partial charge in [0.15, 0.2) is 5.56 Å². The van der Waals surface area contributed by atoms with Crippen molar-refractivity contribution in [2.24, 2.45) is 5.41 Å². The topological polar surface area (TPSA) is 117 Å². The molecule has 0 aliphatic carbocycles. The fourth-order valence-corrected chi connectivity index (χ4v) is 3.56. The Bertz CT molecular complexity index is 750. The van der Waals surface area contributed by atoms with Crippen LogP contribution >= 0.6 is 0 Å². The molecular formula is C18H23N3O5. The predicted octanol–water partition coefficient (Wildman–Crippen LogP) is 3.79. The smallest absolute Gasteiger partial charge is 0.407 e. The quantitative estimate of drug-likeness (QED) is 0.644. The maximum absolute atomic E-state index is 11.8. The minimum Gasteiger partial charge on any atom is -0.489 e. The van der Waals surface area contributed by atoms with Crippen LogP contribution in [0.3, 0.4) is 0 Å². The van der Waals surface area contributed by atoms with E-state index in [-0.39, 0.29) is 23.6 Å². The summed E-state index contributed by atoms with van der Waals surface area (Å²) in [4.78, 5) is 23.7. The molecule has 140 valence electrons. The molecule has 0 aromatic heterocycles. The van der Waals surface area contributed by atoms with E-state index in [1.807, 2.05) is 26.8 Å². The SMILES string of the molecule is CC(C)(C)[C@@]1(COc2cccc([N+](=O)[O-])c2C#N)CCCCN1C(=O)O. The lowest BCUT2D eigenvalue weighted by Crippen LogP contribution is -2.64. The molecule has 0 spiro atoms. The summed E-state index contributed by atoms with van der Waals surface area (Å²) in [7, 11) is 0. The lowest BCUT2D eigenvalue weighted by atomic mass is 9.68. The highest BCUT2D eigenvalue weighted by atomic mass is 16.6. The van der Waals surface area contributed by atoms with E-state index in [0.29, 0.717) is 13.0 Å². The van der Waals surface area contributed by atoms with Crippen LogP contribution in [-0.2, 0) is 0 Å². The number of benzene rings is 1. The standard InChI is InChI=1S/C18H23N3O5/c1-17(2,3)18(9-4-5-10-20(18)16(22)23)12-26-15-8-6-7-14(21(24)25)13(15)11-19/h6-8H,4-5,9-10,12H2,1-3H3,(H,22,23)/t18-/m0/s1. The molecule has 1 amide bonds. The molecule has 1 fully saturated rings. The summed E-state index contributed by atoms with van der Waals surface area (Å²) >= 11 is 0. The van der Waals surface area contributed by atoms with Crippen LogP contribution in [0.4, 0.5) is 10.5 Å². The molecule has 8 heteroatoms. The van der Waals surface area contributed by atoms with Gasteiger partial charge in [-0.05, 0) is 30.7 Å². The maximum Gasteiger partial charge on any atom is 0.407 e. The molecule has 1 atom stereocenters. The van der Waals surface area contributed by atoms with Crippen molar-refractivity contribution in [1.82, 2.24) is 4.90 Å². The largest absolute Gasteiger partial charge is 0.489 e. The predicted molar refractivity (Wildman–Crippen MR) is 94.1 cm³/mol. The van der Waals surface area contributed by atoms with Crippen molar-refractivity contribution >= 4 is 11.8 Å². The monoisotopic (exact) mass is 361 g/mol. The van der Waals surface area contributed by atoms with Crippen molar-refractivity contribution in [2.45, 2.75) is 45.6 Å². The number of ether oxygens (including phenoxy) is 1. The Morgan fingerprint density at radius 3 is 2.69 bits per heavy atom. The molecule has 1 heterocycles. The van der Waals surface area contributed by atoms with E-state index in [4.69, 9.17) is 4.74 Å². The molecule has 1 N–H and O–H groups in total. The van der Waals surface area contributed by atoms with Gasteiger partial charge in [-0.2, -0.15) is 5.26 Å². The highest BCUT2D eigenvalue weighted by molar-refractivity contribution is 5.66. The van der Waals surface area contributed by atoms with E-state index in [1.54, 1.807) is 0 Å². The van der Waals surface area contributed by atoms with Crippen molar-refractivity contribution in [3.8, 4) is 11.8 Å². The third-order valence-electron chi connectivity index (χ3n) is 5.14. The minimum atomic E-state index is -1.01. The summed E-state index contributed by atoms with van der Waals surface area (Å²) in [5.41, 5.74) is -1.68. The van der Waals surface area contributed by atoms with Gasteiger partial charge < -0.3 is 9.84 Å². The van der Waals surface area contributed by atoms with Crippen molar-refractivity contribution in [3.05, 3.63) is 33.9 Å². The van der Waals surface area contributed by atoms with Crippen LogP contribution in [0.5, 0.6) is 5.75 Å². The van der Waals surface area contributed by atoms with Crippen LogP contribution in [-0.4, -0.2) is 39.7 Å². The number of nitrogens with zero attached hydrogens (tertiary/aromatic N) is 3. The first-order chi connectivity index (χ1) is 12.1. The van der Waals surface area contributed by atoms with Crippen molar-refractivity contribution < 1.29 is 19.6 Å². The van der Waals surface area contributed by atoms with Crippen LogP contribution in [0, 0.1) is 26.9 Å². The molecule has 0 saturated carbocycles. The van der Waals surface area contributed by atoms with Crippen LogP contribution in [0.15, 0.2) is 18.2 Å². The summed E-state index contributed by atoms with van der Waals surface area (Å²) in [5.74, 6) is 0.0984. The van der Waals surface area contributed by atoms with Crippen molar-refractivity contribution in [2.75, 3.05) is 13.2 Å². The number of carbonyl (C=O) groups is 1. The van der Waals surface area contributed by atoms with Crippen molar-refractivity contribution in [1.29, 1.82) is 5.26 Å². The van der Waals surface area contributed by atoms with E-state index >= 15 is 0 Å². The van der Waals surface area contributed by atoms with E-state index in [9.17, 15) is 25.3 Å². The zero-order valence-corrected chi connectivity index (χ0v) is 15.2. The van der Waals surface area contributed by atoms with E-state index in [1.165, 1.54) is 23.1 Å². The first-order valence-corrected chi connectivity index (χ1v) is 8.45. The fourth-order valence-electron chi connectivity index (χ4n) is 3.56. The Labute approximate surface area is 152 Å². The number of amides is 1. The first kappa shape index (κ1) is 19.5. The van der Waals surface area contributed by atoms with Gasteiger partial charge in [0.25, 0.3) is 5.69 Å². The lowest BCUT2D eigenvalue weighted by molar-refractivity contribution is -0.385. The van der Waals surface area contributed by atoms with Crippen molar-refractivity contribution in [3.63, 3.8) is 0 Å². The number of nitriles is 1. The van der Waals surface area contributed by atoms with E-state index < -0.39 is 22.0 Å². The average Bonchev–Trinajstić information content (AvgIpc) is 2.58. The molecule has 1 aliphatic heterocycles. The lowest BCUT2D eigenvalue weighted by Gasteiger charge is -2.53. The summed E-state index contributed by atoms with van der Waals surface area (Å²) in [5, 5.41) is 30.1. The molecule has 1 saturated heterocycles. The Hall–Kier alpha value is -2.82. The summed E-state index contributed by atoms with van der Waals surface area (Å²) in [6.45, 7) is 6.30. The number of hydrogen-bond donors (Lipinski definition) is 1. The summed E-state index contributed by atoms with van der Waals surface area (Å²) in [6, 6.07) is 6.02. The maximum atomic E-state index is 11.8. The number of nitro benzene ring substituents is 1. The van der Waals surface area contributed by atoms with Gasteiger partial charge in [0.1, 0.15) is 18.4 Å². The number of likely N-dealkylation sites (tertiary alicyclic amines) is 1. The molecule has 0 radical (unpaired) electrons. The second-order valence-electron chi connectivity index (χ2n) is 7.48.